The molecule has 1 N–H and O–H groups in total. The van der Waals surface area contributed by atoms with Crippen LogP contribution in [0.15, 0.2) is 5.16 Å². The molecule has 0 radical (unpaired) electrons. The van der Waals surface area contributed by atoms with Crippen LogP contribution in [0.1, 0.15) is 27.2 Å². The third-order valence-corrected chi connectivity index (χ3v) is 1.31. The van der Waals surface area contributed by atoms with Crippen molar-refractivity contribution in [1.29, 1.82) is 0 Å². The highest BCUT2D eigenvalue weighted by atomic mass is 16.6. The van der Waals surface area contributed by atoms with E-state index in [1.54, 1.807) is 6.92 Å². The van der Waals surface area contributed by atoms with Gasteiger partial charge in [-0.15, -0.1) is 0 Å². The van der Waals surface area contributed by atoms with E-state index in [1.807, 2.05) is 13.8 Å². The van der Waals surface area contributed by atoms with Crippen molar-refractivity contribution in [3.8, 4) is 0 Å². The van der Waals surface area contributed by atoms with Gasteiger partial charge in [0.15, 0.2) is 0 Å². The smallest absolute Gasteiger partial charge is 0.306 e. The summed E-state index contributed by atoms with van der Waals surface area (Å²) < 4.78 is 0. The number of carboxylic acid groups (broad SMARTS) is 1. The van der Waals surface area contributed by atoms with Crippen LogP contribution in [0.4, 0.5) is 0 Å². The predicted molar refractivity (Wildman–Crippen MR) is 46.2 cm³/mol. The van der Waals surface area contributed by atoms with E-state index in [-0.39, 0.29) is 5.92 Å². The molecule has 0 aliphatic rings. The summed E-state index contributed by atoms with van der Waals surface area (Å²) in [5.74, 6) is -1.16. The fourth-order valence-corrected chi connectivity index (χ4v) is 0.528. The maximum Gasteiger partial charge on any atom is 0.306 e. The molecule has 0 aliphatic carbocycles. The van der Waals surface area contributed by atoms with Gasteiger partial charge in [0.2, 0.25) is 0 Å². The van der Waals surface area contributed by atoms with E-state index in [9.17, 15) is 4.79 Å². The summed E-state index contributed by atoms with van der Waals surface area (Å²) in [6.45, 7) is 5.65. The summed E-state index contributed by atoms with van der Waals surface area (Å²) in [6.07, 6.45) is 0.492. The second-order valence-electron chi connectivity index (χ2n) is 2.90. The molecule has 0 aromatic heterocycles. The first kappa shape index (κ1) is 10.9. The zero-order valence-corrected chi connectivity index (χ0v) is 7.70. The van der Waals surface area contributed by atoms with Gasteiger partial charge in [0.1, 0.15) is 6.61 Å². The summed E-state index contributed by atoms with van der Waals surface area (Å²) in [7, 11) is 0. The van der Waals surface area contributed by atoms with Gasteiger partial charge >= 0.3 is 5.97 Å². The van der Waals surface area contributed by atoms with Crippen LogP contribution in [-0.2, 0) is 9.63 Å². The van der Waals surface area contributed by atoms with Crippen molar-refractivity contribution in [2.75, 3.05) is 6.61 Å². The molecule has 4 heteroatoms. The summed E-state index contributed by atoms with van der Waals surface area (Å²) >= 11 is 0. The summed E-state index contributed by atoms with van der Waals surface area (Å²) in [5, 5.41) is 12.2. The number of nitrogens with zero attached hydrogens (tertiary/aromatic N) is 1. The molecule has 0 heterocycles. The number of rotatable bonds is 5. The van der Waals surface area contributed by atoms with Gasteiger partial charge in [-0.05, 0) is 20.3 Å². The van der Waals surface area contributed by atoms with Crippen LogP contribution in [0.3, 0.4) is 0 Å². The minimum atomic E-state index is -0.796. The van der Waals surface area contributed by atoms with E-state index in [4.69, 9.17) is 9.94 Å². The molecule has 0 aromatic carbocycles. The van der Waals surface area contributed by atoms with Crippen LogP contribution in [0.2, 0.25) is 0 Å². The minimum absolute atomic E-state index is 0.360. The Morgan fingerprint density at radius 1 is 1.58 bits per heavy atom. The number of aliphatic carboxylic acids is 1. The standard InChI is InChI=1S/C8H15NO3/c1-6(2)9-12-5-4-7(3)8(10)11/h7H,4-5H2,1-3H3,(H,10,11). The lowest BCUT2D eigenvalue weighted by atomic mass is 10.1. The van der Waals surface area contributed by atoms with Crippen molar-refractivity contribution in [2.45, 2.75) is 27.2 Å². The molecule has 12 heavy (non-hydrogen) atoms. The van der Waals surface area contributed by atoms with Gasteiger partial charge in [0, 0.05) is 0 Å². The highest BCUT2D eigenvalue weighted by molar-refractivity contribution is 5.78. The SMILES string of the molecule is CC(C)=NOCCC(C)C(=O)O. The number of hydrogen-bond acceptors (Lipinski definition) is 3. The summed E-state index contributed by atoms with van der Waals surface area (Å²) in [5.41, 5.74) is 0.831. The molecule has 0 aliphatic heterocycles. The zero-order chi connectivity index (χ0) is 9.56. The number of hydrogen-bond donors (Lipinski definition) is 1. The van der Waals surface area contributed by atoms with Crippen molar-refractivity contribution in [1.82, 2.24) is 0 Å². The fraction of sp³-hybridized carbons (Fsp3) is 0.750. The monoisotopic (exact) mass is 173 g/mol. The number of carbonyl (C=O) groups is 1. The average Bonchev–Trinajstić information content (AvgIpc) is 1.97. The Morgan fingerprint density at radius 2 is 2.17 bits per heavy atom. The third-order valence-electron chi connectivity index (χ3n) is 1.31. The molecule has 0 saturated heterocycles. The third kappa shape index (κ3) is 5.70. The largest absolute Gasteiger partial charge is 0.481 e. The molecule has 0 amide bonds. The molecular formula is C8H15NO3. The van der Waals surface area contributed by atoms with Gasteiger partial charge in [-0.3, -0.25) is 4.79 Å². The lowest BCUT2D eigenvalue weighted by molar-refractivity contribution is -0.141. The molecule has 1 atom stereocenters. The Morgan fingerprint density at radius 3 is 2.58 bits per heavy atom. The molecule has 0 bridgehead atoms. The van der Waals surface area contributed by atoms with Crippen molar-refractivity contribution >= 4 is 11.7 Å². The molecule has 4 nitrogen and oxygen atoms in total. The second kappa shape index (κ2) is 5.57. The lowest BCUT2D eigenvalue weighted by Gasteiger charge is -2.03. The molecule has 0 spiro atoms. The van der Waals surface area contributed by atoms with E-state index in [0.717, 1.165) is 5.71 Å². The quantitative estimate of drug-likeness (QED) is 0.389. The fourth-order valence-electron chi connectivity index (χ4n) is 0.528. The van der Waals surface area contributed by atoms with Crippen LogP contribution in [0.25, 0.3) is 0 Å². The van der Waals surface area contributed by atoms with Crippen LogP contribution in [-0.4, -0.2) is 23.4 Å². The minimum Gasteiger partial charge on any atom is -0.481 e. The Bertz CT molecular complexity index is 173. The molecule has 0 fully saturated rings. The van der Waals surface area contributed by atoms with Crippen LogP contribution < -0.4 is 0 Å². The molecular weight excluding hydrogens is 158 g/mol. The van der Waals surface area contributed by atoms with Crippen LogP contribution in [0, 0.1) is 5.92 Å². The van der Waals surface area contributed by atoms with Crippen molar-refractivity contribution < 1.29 is 14.7 Å². The highest BCUT2D eigenvalue weighted by Gasteiger charge is 2.09. The van der Waals surface area contributed by atoms with Gasteiger partial charge < -0.3 is 9.94 Å². The topological polar surface area (TPSA) is 58.9 Å². The molecule has 1 unspecified atom stereocenters. The average molecular weight is 173 g/mol. The van der Waals surface area contributed by atoms with Gasteiger partial charge in [0.25, 0.3) is 0 Å². The van der Waals surface area contributed by atoms with E-state index < -0.39 is 5.97 Å². The van der Waals surface area contributed by atoms with Crippen molar-refractivity contribution in [2.24, 2.45) is 11.1 Å². The van der Waals surface area contributed by atoms with E-state index in [0.29, 0.717) is 13.0 Å². The molecule has 0 saturated carbocycles. The van der Waals surface area contributed by atoms with Crippen LogP contribution in [0.5, 0.6) is 0 Å². The van der Waals surface area contributed by atoms with E-state index >= 15 is 0 Å². The number of carboxylic acids is 1. The Kier molecular flexibility index (Phi) is 5.08. The molecule has 0 aromatic rings. The lowest BCUT2D eigenvalue weighted by Crippen LogP contribution is -2.11. The second-order valence-corrected chi connectivity index (χ2v) is 2.90. The van der Waals surface area contributed by atoms with Gasteiger partial charge in [0.05, 0.1) is 11.6 Å². The van der Waals surface area contributed by atoms with E-state index in [1.165, 1.54) is 0 Å². The summed E-state index contributed by atoms with van der Waals surface area (Å²) in [4.78, 5) is 15.2. The summed E-state index contributed by atoms with van der Waals surface area (Å²) in [6, 6.07) is 0. The van der Waals surface area contributed by atoms with Gasteiger partial charge in [-0.1, -0.05) is 12.1 Å². The van der Waals surface area contributed by atoms with Crippen molar-refractivity contribution in [3.05, 3.63) is 0 Å². The Balaban J connectivity index is 3.44. The van der Waals surface area contributed by atoms with E-state index in [2.05, 4.69) is 5.16 Å². The Labute approximate surface area is 72.2 Å². The first-order valence-corrected chi connectivity index (χ1v) is 3.90. The normalized spacial score (nSPS) is 11.9. The number of oxime groups is 1. The van der Waals surface area contributed by atoms with Gasteiger partial charge in [-0.2, -0.15) is 0 Å². The van der Waals surface area contributed by atoms with Crippen molar-refractivity contribution in [3.63, 3.8) is 0 Å². The Hall–Kier alpha value is -1.06. The maximum atomic E-state index is 10.3. The highest BCUT2D eigenvalue weighted by Crippen LogP contribution is 2.01. The maximum absolute atomic E-state index is 10.3. The molecule has 70 valence electrons. The zero-order valence-electron chi connectivity index (χ0n) is 7.70. The van der Waals surface area contributed by atoms with Crippen LogP contribution >= 0.6 is 0 Å². The molecule has 0 rings (SSSR count). The van der Waals surface area contributed by atoms with Gasteiger partial charge in [-0.25, -0.2) is 0 Å². The first-order valence-electron chi connectivity index (χ1n) is 3.90. The predicted octanol–water partition coefficient (Wildman–Crippen LogP) is 1.51. The first-order chi connectivity index (χ1) is 5.54.